The van der Waals surface area contributed by atoms with Gasteiger partial charge in [0.15, 0.2) is 0 Å². The van der Waals surface area contributed by atoms with Gasteiger partial charge in [0.05, 0.1) is 6.10 Å². The fourth-order valence-electron chi connectivity index (χ4n) is 1.77. The molecule has 0 saturated heterocycles. The monoisotopic (exact) mass is 186 g/mol. The zero-order valence-corrected chi connectivity index (χ0v) is 9.81. The summed E-state index contributed by atoms with van der Waals surface area (Å²) in [6.45, 7) is 9.54. The lowest BCUT2D eigenvalue weighted by atomic mass is 9.89. The van der Waals surface area contributed by atoms with Gasteiger partial charge < -0.3 is 4.74 Å². The van der Waals surface area contributed by atoms with Crippen molar-refractivity contribution in [2.75, 3.05) is 6.61 Å². The van der Waals surface area contributed by atoms with Crippen molar-refractivity contribution >= 4 is 0 Å². The van der Waals surface area contributed by atoms with Crippen LogP contribution in [0.3, 0.4) is 0 Å². The lowest BCUT2D eigenvalue weighted by molar-refractivity contribution is 0.0232. The first kappa shape index (κ1) is 13.0. The molecule has 1 aliphatic rings. The molecular formula is C12H26O. The molecule has 0 spiro atoms. The average molecular weight is 186 g/mol. The largest absolute Gasteiger partial charge is 0.378 e. The first-order valence-electron chi connectivity index (χ1n) is 5.86. The minimum atomic E-state index is 0.578. The predicted octanol–water partition coefficient (Wildman–Crippen LogP) is 4.02. The SMILES string of the molecule is CCC.CCO[C@H]1CCCC(C)C1. The van der Waals surface area contributed by atoms with Crippen LogP contribution in [0.4, 0.5) is 0 Å². The van der Waals surface area contributed by atoms with Crippen LogP contribution in [-0.2, 0) is 4.74 Å². The van der Waals surface area contributed by atoms with Crippen LogP contribution in [0.1, 0.15) is 59.8 Å². The van der Waals surface area contributed by atoms with E-state index in [1.165, 1.54) is 32.1 Å². The second kappa shape index (κ2) is 8.55. The van der Waals surface area contributed by atoms with Gasteiger partial charge in [-0.1, -0.05) is 40.0 Å². The third-order valence-electron chi connectivity index (χ3n) is 2.29. The molecule has 1 rings (SSSR count). The maximum Gasteiger partial charge on any atom is 0.0577 e. The molecule has 0 radical (unpaired) electrons. The van der Waals surface area contributed by atoms with Crippen LogP contribution in [0.5, 0.6) is 0 Å². The van der Waals surface area contributed by atoms with Gasteiger partial charge in [-0.2, -0.15) is 0 Å². The first-order chi connectivity index (χ1) is 6.24. The lowest BCUT2D eigenvalue weighted by Gasteiger charge is -2.26. The molecule has 1 nitrogen and oxygen atoms in total. The minimum Gasteiger partial charge on any atom is -0.378 e. The van der Waals surface area contributed by atoms with Crippen LogP contribution < -0.4 is 0 Å². The Hall–Kier alpha value is -0.0400. The van der Waals surface area contributed by atoms with Crippen molar-refractivity contribution in [3.63, 3.8) is 0 Å². The highest BCUT2D eigenvalue weighted by molar-refractivity contribution is 4.69. The van der Waals surface area contributed by atoms with Gasteiger partial charge in [-0.15, -0.1) is 0 Å². The van der Waals surface area contributed by atoms with Gasteiger partial charge in [-0.25, -0.2) is 0 Å². The third-order valence-corrected chi connectivity index (χ3v) is 2.29. The maximum absolute atomic E-state index is 5.55. The van der Waals surface area contributed by atoms with Gasteiger partial charge in [-0.3, -0.25) is 0 Å². The number of ether oxygens (including phenoxy) is 1. The molecule has 1 saturated carbocycles. The Kier molecular flexibility index (Phi) is 8.53. The summed E-state index contributed by atoms with van der Waals surface area (Å²) in [7, 11) is 0. The van der Waals surface area contributed by atoms with Gasteiger partial charge in [-0.05, 0) is 25.7 Å². The highest BCUT2D eigenvalue weighted by atomic mass is 16.5. The van der Waals surface area contributed by atoms with Gasteiger partial charge in [0.2, 0.25) is 0 Å². The minimum absolute atomic E-state index is 0.578. The molecule has 0 aromatic carbocycles. The molecule has 0 N–H and O–H groups in total. The van der Waals surface area contributed by atoms with Crippen molar-refractivity contribution < 1.29 is 4.74 Å². The zero-order chi connectivity index (χ0) is 10.1. The molecule has 2 atom stereocenters. The van der Waals surface area contributed by atoms with Crippen LogP contribution >= 0.6 is 0 Å². The number of hydrogen-bond acceptors (Lipinski definition) is 1. The molecule has 0 amide bonds. The Bertz CT molecular complexity index is 99.3. The second-order valence-corrected chi connectivity index (χ2v) is 4.06. The van der Waals surface area contributed by atoms with E-state index in [-0.39, 0.29) is 0 Å². The molecule has 1 heteroatoms. The van der Waals surface area contributed by atoms with Crippen LogP contribution in [-0.4, -0.2) is 12.7 Å². The Balaban J connectivity index is 0.000000424. The Morgan fingerprint density at radius 1 is 1.15 bits per heavy atom. The predicted molar refractivity (Wildman–Crippen MR) is 59.0 cm³/mol. The van der Waals surface area contributed by atoms with E-state index in [0.29, 0.717) is 6.10 Å². The van der Waals surface area contributed by atoms with Crippen LogP contribution in [0, 0.1) is 5.92 Å². The van der Waals surface area contributed by atoms with E-state index in [0.717, 1.165) is 12.5 Å². The van der Waals surface area contributed by atoms with Crippen molar-refractivity contribution in [2.45, 2.75) is 65.9 Å². The van der Waals surface area contributed by atoms with Crippen molar-refractivity contribution in [3.05, 3.63) is 0 Å². The third kappa shape index (κ3) is 7.06. The average Bonchev–Trinajstić information content (AvgIpc) is 2.06. The maximum atomic E-state index is 5.55. The molecule has 0 aromatic heterocycles. The van der Waals surface area contributed by atoms with E-state index in [1.807, 2.05) is 0 Å². The summed E-state index contributed by atoms with van der Waals surface area (Å²) in [6.07, 6.45) is 7.18. The molecule has 1 fully saturated rings. The molecule has 80 valence electrons. The van der Waals surface area contributed by atoms with Crippen molar-refractivity contribution in [2.24, 2.45) is 5.92 Å². The normalized spacial score (nSPS) is 27.7. The summed E-state index contributed by atoms with van der Waals surface area (Å²) in [4.78, 5) is 0. The quantitative estimate of drug-likeness (QED) is 0.633. The summed E-state index contributed by atoms with van der Waals surface area (Å²) in [5.74, 6) is 0.894. The topological polar surface area (TPSA) is 9.23 Å². The standard InChI is InChI=1S/C9H18O.C3H8/c1-3-10-9-6-4-5-8(2)7-9;1-3-2/h8-9H,3-7H2,1-2H3;3H2,1-2H3/t8?,9-;/m0./s1. The van der Waals surface area contributed by atoms with Crippen molar-refractivity contribution in [1.82, 2.24) is 0 Å². The van der Waals surface area contributed by atoms with E-state index in [2.05, 4.69) is 27.7 Å². The molecule has 1 unspecified atom stereocenters. The lowest BCUT2D eigenvalue weighted by Crippen LogP contribution is -2.21. The molecule has 0 aromatic rings. The summed E-state index contributed by atoms with van der Waals surface area (Å²) >= 11 is 0. The summed E-state index contributed by atoms with van der Waals surface area (Å²) in [6, 6.07) is 0. The van der Waals surface area contributed by atoms with Gasteiger partial charge in [0, 0.05) is 6.61 Å². The fraction of sp³-hybridized carbons (Fsp3) is 1.00. The first-order valence-corrected chi connectivity index (χ1v) is 5.86. The Morgan fingerprint density at radius 3 is 2.23 bits per heavy atom. The Morgan fingerprint density at radius 2 is 1.77 bits per heavy atom. The zero-order valence-electron chi connectivity index (χ0n) is 9.81. The van der Waals surface area contributed by atoms with E-state index in [4.69, 9.17) is 4.74 Å². The molecular weight excluding hydrogens is 160 g/mol. The van der Waals surface area contributed by atoms with Crippen molar-refractivity contribution in [1.29, 1.82) is 0 Å². The molecule has 0 heterocycles. The Labute approximate surface area is 83.9 Å². The van der Waals surface area contributed by atoms with E-state index < -0.39 is 0 Å². The van der Waals surface area contributed by atoms with E-state index >= 15 is 0 Å². The van der Waals surface area contributed by atoms with Gasteiger partial charge in [0.25, 0.3) is 0 Å². The van der Waals surface area contributed by atoms with Gasteiger partial charge in [0.1, 0.15) is 0 Å². The number of rotatable bonds is 2. The molecule has 1 aliphatic carbocycles. The highest BCUT2D eigenvalue weighted by Gasteiger charge is 2.18. The smallest absolute Gasteiger partial charge is 0.0577 e. The second-order valence-electron chi connectivity index (χ2n) is 4.06. The molecule has 0 aliphatic heterocycles. The van der Waals surface area contributed by atoms with Crippen LogP contribution in [0.2, 0.25) is 0 Å². The van der Waals surface area contributed by atoms with Crippen LogP contribution in [0.25, 0.3) is 0 Å². The molecule has 0 bridgehead atoms. The fourth-order valence-corrected chi connectivity index (χ4v) is 1.77. The summed E-state index contributed by atoms with van der Waals surface area (Å²) in [5, 5.41) is 0. The van der Waals surface area contributed by atoms with E-state index in [9.17, 15) is 0 Å². The highest BCUT2D eigenvalue weighted by Crippen LogP contribution is 2.25. The summed E-state index contributed by atoms with van der Waals surface area (Å²) in [5.41, 5.74) is 0. The van der Waals surface area contributed by atoms with Crippen LogP contribution in [0.15, 0.2) is 0 Å². The summed E-state index contributed by atoms with van der Waals surface area (Å²) < 4.78 is 5.55. The van der Waals surface area contributed by atoms with Crippen molar-refractivity contribution in [3.8, 4) is 0 Å². The van der Waals surface area contributed by atoms with Gasteiger partial charge >= 0.3 is 0 Å². The van der Waals surface area contributed by atoms with E-state index in [1.54, 1.807) is 0 Å². The molecule has 13 heavy (non-hydrogen) atoms. The number of hydrogen-bond donors (Lipinski definition) is 0.